The average Bonchev–Trinajstić information content (AvgIpc) is 0.750. The molecule has 0 unspecified atom stereocenters. The normalized spacial score (nSPS) is 33.5. The molecule has 6 saturated heterocycles. The maximum Gasteiger partial charge on any atom is 0.305 e. The molecule has 6 rings (SSSR count). The van der Waals surface area contributed by atoms with E-state index in [1.54, 1.807) is 27.2 Å². The summed E-state index contributed by atoms with van der Waals surface area (Å²) in [7, 11) is -6.37. The Morgan fingerprint density at radius 3 is 1.78 bits per heavy atom. The summed E-state index contributed by atoms with van der Waals surface area (Å²) < 4.78 is 98.1. The van der Waals surface area contributed by atoms with Crippen molar-refractivity contribution < 1.29 is 105 Å². The van der Waals surface area contributed by atoms with Gasteiger partial charge in [-0.1, -0.05) is 171 Å². The number of rotatable bonds is 41. The number of methoxy groups -OCH3 is 2. The number of carboxylic acid groups (broad SMARTS) is 1. The highest BCUT2D eigenvalue weighted by atomic mass is 35.5. The first-order valence-electron chi connectivity index (χ1n) is 43.4. The van der Waals surface area contributed by atoms with Gasteiger partial charge in [0.05, 0.1) is 91.2 Å². The lowest BCUT2D eigenvalue weighted by atomic mass is 9.78. The number of carboxylic acids is 1. The number of halogens is 1. The van der Waals surface area contributed by atoms with Gasteiger partial charge in [-0.25, -0.2) is 0 Å². The highest BCUT2D eigenvalue weighted by Crippen LogP contribution is 2.53. The minimum absolute atomic E-state index is 0.0249. The van der Waals surface area contributed by atoms with E-state index in [0.29, 0.717) is 68.9 Å². The Bertz CT molecular complexity index is 3220. The van der Waals surface area contributed by atoms with Crippen LogP contribution in [0, 0.1) is 23.7 Å². The number of ether oxygens (including phenoxy) is 10. The van der Waals surface area contributed by atoms with Gasteiger partial charge in [0.25, 0.3) is 0 Å². The molecule has 2 spiro atoms. The Labute approximate surface area is 701 Å². The fraction of sp³-hybridized carbons (Fsp3) is 0.841. The predicted molar refractivity (Wildman–Crippen MR) is 460 cm³/mol. The van der Waals surface area contributed by atoms with Crippen LogP contribution >= 0.6 is 11.6 Å². The highest BCUT2D eigenvalue weighted by Gasteiger charge is 2.62. The Morgan fingerprint density at radius 1 is 0.661 bits per heavy atom. The second kappa shape index (κ2) is 42.1. The fourth-order valence-electron chi connectivity index (χ4n) is 18.3. The molecule has 6 aliphatic rings. The first-order chi connectivity index (χ1) is 53.3. The zero-order valence-corrected chi connectivity index (χ0v) is 80.0. The smallest absolute Gasteiger partial charge is 0.305 e. The van der Waals surface area contributed by atoms with Crippen molar-refractivity contribution in [1.29, 1.82) is 0 Å². The van der Waals surface area contributed by atoms with E-state index < -0.39 is 165 Å². The van der Waals surface area contributed by atoms with E-state index in [1.165, 1.54) is 19.9 Å². The molecule has 22 nitrogen and oxygen atoms in total. The number of allylic oxidation sites excluding steroid dienone is 3. The number of aliphatic hydroxyl groups is 3. The lowest BCUT2D eigenvalue weighted by Gasteiger charge is -2.56. The van der Waals surface area contributed by atoms with Gasteiger partial charge in [0.2, 0.25) is 0 Å². The van der Waals surface area contributed by atoms with Crippen LogP contribution in [0.4, 0.5) is 0 Å². The Hall–Kier alpha value is -2.66. The van der Waals surface area contributed by atoms with Gasteiger partial charge in [-0.05, 0) is 124 Å². The van der Waals surface area contributed by atoms with E-state index in [1.807, 2.05) is 13.8 Å². The van der Waals surface area contributed by atoms with Gasteiger partial charge in [0.15, 0.2) is 50.6 Å². The van der Waals surface area contributed by atoms with Crippen LogP contribution in [0.25, 0.3) is 0 Å². The van der Waals surface area contributed by atoms with Gasteiger partial charge >= 0.3 is 17.9 Å². The zero-order chi connectivity index (χ0) is 86.6. The number of ketones is 1. The van der Waals surface area contributed by atoms with E-state index in [0.717, 1.165) is 36.3 Å². The second-order valence-electron chi connectivity index (χ2n) is 38.4. The molecule has 0 radical (unpaired) electrons. The molecular weight excluding hydrogens is 1560 g/mol. The molecule has 24 atom stereocenters. The summed E-state index contributed by atoms with van der Waals surface area (Å²) in [6.45, 7) is 60.7. The molecule has 0 amide bonds. The van der Waals surface area contributed by atoms with Gasteiger partial charge < -0.3 is 85.5 Å². The molecule has 662 valence electrons. The molecule has 0 bridgehead atoms. The van der Waals surface area contributed by atoms with Crippen molar-refractivity contribution in [2.75, 3.05) is 14.2 Å². The van der Waals surface area contributed by atoms with E-state index in [2.05, 4.69) is 155 Å². The van der Waals surface area contributed by atoms with E-state index in [-0.39, 0.29) is 103 Å². The SMILES string of the molecule is C=C(Cl)/C=C/[C@H](O)CC(=C)C[C@H]1O[C@@H]([C@H](O[Si](CC)(CC)CC)[C@@]2(OC)C[C@H](O[Si](C)(C)C(C)(C)C)[C@@H](C)[C@@H](CCC/C=C/[C@H]3C[C@H](O[Si](C)(C)C(C)(C)C)C[C@]4(C[C@@H](OC)C[C@@H](CC(=O)[C@@H](C)[C@@H](OC(C)=O)[C@H](C)C(=C)C[C@H]5C[C@](C)(O[Si](CC)(CC)CC)C[C@@]6(C[C@@H](OC(C)=O)C[C@H](CC(=O)O)O6)O5)O4)O3)O2)[C@H](C)[C@@H](O)[C@@H]1O. The molecule has 0 aromatic heterocycles. The van der Waals surface area contributed by atoms with Crippen LogP contribution in [0.15, 0.2) is 60.2 Å². The number of esters is 2. The monoisotopic (exact) mass is 1710 g/mol. The summed E-state index contributed by atoms with van der Waals surface area (Å²) in [6.07, 6.45) is 1.51. The van der Waals surface area contributed by atoms with Gasteiger partial charge in [-0.2, -0.15) is 0 Å². The van der Waals surface area contributed by atoms with Gasteiger partial charge in [0.1, 0.15) is 30.2 Å². The van der Waals surface area contributed by atoms with Crippen LogP contribution in [0.2, 0.25) is 72.5 Å². The molecule has 0 aromatic carbocycles. The summed E-state index contributed by atoms with van der Waals surface area (Å²) in [5.74, 6) is -8.35. The average molecular weight is 1710 g/mol. The van der Waals surface area contributed by atoms with E-state index >= 15 is 4.79 Å². The molecule has 6 heterocycles. The number of hydrogen-bond acceptors (Lipinski definition) is 21. The summed E-state index contributed by atoms with van der Waals surface area (Å²) >= 11 is 5.99. The topological polar surface area (TPSA) is 278 Å². The van der Waals surface area contributed by atoms with E-state index in [4.69, 9.17) is 76.7 Å². The van der Waals surface area contributed by atoms with Gasteiger partial charge in [0, 0.05) is 115 Å². The Kier molecular flexibility index (Phi) is 37.1. The van der Waals surface area contributed by atoms with Crippen molar-refractivity contribution in [3.8, 4) is 0 Å². The van der Waals surface area contributed by atoms with Crippen molar-refractivity contribution in [1.82, 2.24) is 0 Å². The largest absolute Gasteiger partial charge is 0.481 e. The lowest BCUT2D eigenvalue weighted by molar-refractivity contribution is -0.354. The lowest BCUT2D eigenvalue weighted by Crippen LogP contribution is -2.69. The summed E-state index contributed by atoms with van der Waals surface area (Å²) in [5, 5.41) is 44.9. The van der Waals surface area contributed by atoms with E-state index in [9.17, 15) is 34.8 Å². The molecule has 6 fully saturated rings. The Balaban J connectivity index is 1.28. The standard InChI is InChI=1S/C88H155ClO22Si4/c1-29-114(30-2,31-3)110-82(81-62(13)78(96)79(97)75(102-81)43-56(7)42-65(92)41-40-58(9)89)88(99-24)54-76(109-113(27,28)84(19,20)21)61(12)74(107-88)39-37-35-36-38-66-45-72(108-112(25,26)83(16,17)18)53-86(103-66)51-69(98-23)46-67(104-86)48-73(93)60(11)80(101-64(15)91)59(10)57(8)44-71-50-85(22,111-115(32-4,33-5)34-6)55-87(106-71)52-70(100-63(14)90)47-68(105-87)49-77(94)95/h36,38,40-41,59-62,65-72,74-76,78-82,92,96-97H,7-9,29-35,37,39,42-55H2,1-6,10-28H3,(H,94,95)/b38-36+,41-40+/t59-,60-,61+,62-,65+,66+,67+,68-,69+,70+,71+,72+,74-,75-,76+,78-,79-,80+,81-,82+,85+,86-,87-,88-/m1/s1. The third kappa shape index (κ3) is 26.9. The molecule has 4 N–H and O–H groups in total. The van der Waals surface area contributed by atoms with Crippen molar-refractivity contribution in [3.05, 3.63) is 60.2 Å². The zero-order valence-electron chi connectivity index (χ0n) is 75.3. The molecule has 6 aliphatic heterocycles. The van der Waals surface area contributed by atoms with Crippen LogP contribution in [0.1, 0.15) is 241 Å². The molecule has 0 aromatic rings. The predicted octanol–water partition coefficient (Wildman–Crippen LogP) is 18.2. The number of aliphatic carboxylic acids is 1. The second-order valence-corrected chi connectivity index (χ2v) is 57.8. The maximum atomic E-state index is 15.2. The van der Waals surface area contributed by atoms with Crippen LogP contribution < -0.4 is 0 Å². The van der Waals surface area contributed by atoms with Crippen LogP contribution in [-0.4, -0.2) is 212 Å². The number of carbonyl (C=O) groups is 4. The van der Waals surface area contributed by atoms with Gasteiger partial charge in [-0.15, -0.1) is 0 Å². The molecule has 115 heavy (non-hydrogen) atoms. The van der Waals surface area contributed by atoms with Crippen molar-refractivity contribution in [2.24, 2.45) is 23.7 Å². The minimum Gasteiger partial charge on any atom is -0.481 e. The number of Topliss-reactive ketones (excluding diaryl/α,β-unsaturated/α-hetero) is 1. The first kappa shape index (κ1) is 101. The van der Waals surface area contributed by atoms with Crippen LogP contribution in [-0.2, 0) is 84.3 Å². The van der Waals surface area contributed by atoms with Crippen LogP contribution in [0.3, 0.4) is 0 Å². The molecular formula is C88H155ClO22Si4. The van der Waals surface area contributed by atoms with Crippen molar-refractivity contribution in [2.45, 2.75) is 434 Å². The third-order valence-corrected chi connectivity index (χ3v) is 46.1. The Morgan fingerprint density at radius 2 is 1.23 bits per heavy atom. The van der Waals surface area contributed by atoms with Crippen LogP contribution in [0.5, 0.6) is 0 Å². The fourth-order valence-corrected chi connectivity index (χ4v) is 27.1. The number of carbonyl (C=O) groups excluding carboxylic acids is 3. The number of hydrogen-bond donors (Lipinski definition) is 4. The third-order valence-electron chi connectivity index (χ3n) is 27.5. The summed E-state index contributed by atoms with van der Waals surface area (Å²) in [6, 6.07) is 5.09. The summed E-state index contributed by atoms with van der Waals surface area (Å²) in [5.41, 5.74) is 0.504. The molecule has 0 aliphatic carbocycles. The highest BCUT2D eigenvalue weighted by molar-refractivity contribution is 6.75. The molecule has 0 saturated carbocycles. The van der Waals surface area contributed by atoms with Crippen molar-refractivity contribution >= 4 is 68.6 Å². The first-order valence-corrected chi connectivity index (χ1v) is 54.6. The quantitative estimate of drug-likeness (QED) is 0.0145. The molecule has 27 heteroatoms. The maximum absolute atomic E-state index is 15.2. The summed E-state index contributed by atoms with van der Waals surface area (Å²) in [4.78, 5) is 53.2. The number of unbranched alkanes of at least 4 members (excludes halogenated alkanes) is 1. The van der Waals surface area contributed by atoms with Crippen molar-refractivity contribution in [3.63, 3.8) is 0 Å². The van der Waals surface area contributed by atoms with Gasteiger partial charge in [-0.3, -0.25) is 19.2 Å². The minimum atomic E-state index is -2.57. The number of aliphatic hydroxyl groups excluding tert-OH is 3.